The van der Waals surface area contributed by atoms with Crippen molar-refractivity contribution in [2.24, 2.45) is 0 Å². The highest BCUT2D eigenvalue weighted by molar-refractivity contribution is 5.91. The first-order valence-electron chi connectivity index (χ1n) is 10.2. The molecule has 0 spiro atoms. The van der Waals surface area contributed by atoms with Gasteiger partial charge < -0.3 is 19.2 Å². The molecule has 0 aliphatic rings. The number of ether oxygens (including phenoxy) is 1. The molecule has 0 bridgehead atoms. The average molecular weight is 408 g/mol. The molecule has 5 heteroatoms. The Morgan fingerprint density at radius 2 is 1.70 bits per heavy atom. The predicted octanol–water partition coefficient (Wildman–Crippen LogP) is 5.70. The van der Waals surface area contributed by atoms with Crippen molar-refractivity contribution in [2.75, 3.05) is 7.05 Å². The van der Waals surface area contributed by atoms with Gasteiger partial charge in [0, 0.05) is 13.1 Å². The van der Waals surface area contributed by atoms with Crippen molar-refractivity contribution in [2.45, 2.75) is 45.8 Å². The Hall–Kier alpha value is -3.05. The van der Waals surface area contributed by atoms with Crippen LogP contribution in [0.5, 0.6) is 11.7 Å². The van der Waals surface area contributed by atoms with E-state index in [1.165, 1.54) is 10.5 Å². The van der Waals surface area contributed by atoms with E-state index in [-0.39, 0.29) is 17.6 Å². The van der Waals surface area contributed by atoms with E-state index >= 15 is 0 Å². The lowest BCUT2D eigenvalue weighted by molar-refractivity contribution is 0.0458. The molecule has 0 radical (unpaired) electrons. The summed E-state index contributed by atoms with van der Waals surface area (Å²) < 4.78 is 11.6. The lowest BCUT2D eigenvalue weighted by atomic mass is 10.0. The smallest absolute Gasteiger partial charge is 0.290 e. The monoisotopic (exact) mass is 407 g/mol. The highest BCUT2D eigenvalue weighted by Gasteiger charge is 2.27. The number of hydrogen-bond acceptors (Lipinski definition) is 4. The maximum absolute atomic E-state index is 12.9. The molecule has 3 rings (SSSR count). The van der Waals surface area contributed by atoms with Gasteiger partial charge in [0.25, 0.3) is 11.9 Å². The molecule has 2 aromatic carbocycles. The maximum atomic E-state index is 12.9. The van der Waals surface area contributed by atoms with Gasteiger partial charge >= 0.3 is 0 Å². The van der Waals surface area contributed by atoms with Gasteiger partial charge in [-0.15, -0.1) is 0 Å². The van der Waals surface area contributed by atoms with Crippen LogP contribution in [0.1, 0.15) is 60.0 Å². The zero-order valence-corrected chi connectivity index (χ0v) is 18.1. The summed E-state index contributed by atoms with van der Waals surface area (Å²) >= 11 is 0. The normalized spacial score (nSPS) is 13.2. The van der Waals surface area contributed by atoms with Crippen LogP contribution in [0.3, 0.4) is 0 Å². The summed E-state index contributed by atoms with van der Waals surface area (Å²) in [7, 11) is 1.65. The number of carbonyl (C=O) groups is 1. The summed E-state index contributed by atoms with van der Waals surface area (Å²) in [6.45, 7) is 8.02. The Kier molecular flexibility index (Phi) is 6.63. The van der Waals surface area contributed by atoms with Gasteiger partial charge in [-0.3, -0.25) is 4.79 Å². The fraction of sp³-hybridized carbons (Fsp3) is 0.320. The number of hydrogen-bond donors (Lipinski definition) is 1. The lowest BCUT2D eigenvalue weighted by Crippen LogP contribution is -2.38. The van der Waals surface area contributed by atoms with Crippen molar-refractivity contribution >= 4 is 5.91 Å². The Labute approximate surface area is 177 Å². The molecule has 1 aromatic heterocycles. The van der Waals surface area contributed by atoms with E-state index in [1.54, 1.807) is 26.1 Å². The van der Waals surface area contributed by atoms with Gasteiger partial charge in [0.15, 0.2) is 5.76 Å². The first-order valence-corrected chi connectivity index (χ1v) is 10.2. The number of aliphatic hydroxyl groups excluding tert-OH is 1. The Morgan fingerprint density at radius 3 is 2.37 bits per heavy atom. The van der Waals surface area contributed by atoms with E-state index in [2.05, 4.69) is 19.9 Å². The van der Waals surface area contributed by atoms with E-state index in [1.807, 2.05) is 49.4 Å². The highest BCUT2D eigenvalue weighted by atomic mass is 16.6. The molecule has 30 heavy (non-hydrogen) atoms. The summed E-state index contributed by atoms with van der Waals surface area (Å²) in [5, 5.41) is 10.6. The first-order chi connectivity index (χ1) is 14.3. The van der Waals surface area contributed by atoms with Gasteiger partial charge in [-0.05, 0) is 48.6 Å². The van der Waals surface area contributed by atoms with Gasteiger partial charge in [0.05, 0.1) is 12.1 Å². The van der Waals surface area contributed by atoms with Crippen molar-refractivity contribution in [3.63, 3.8) is 0 Å². The van der Waals surface area contributed by atoms with Crippen molar-refractivity contribution in [1.29, 1.82) is 0 Å². The molecule has 0 unspecified atom stereocenters. The van der Waals surface area contributed by atoms with Crippen LogP contribution in [0.2, 0.25) is 0 Å². The van der Waals surface area contributed by atoms with E-state index in [0.29, 0.717) is 11.7 Å². The molecular formula is C25H29NO4. The number of benzene rings is 2. The van der Waals surface area contributed by atoms with Crippen LogP contribution in [0.25, 0.3) is 0 Å². The quantitative estimate of drug-likeness (QED) is 0.546. The van der Waals surface area contributed by atoms with Gasteiger partial charge in [-0.25, -0.2) is 0 Å². The van der Waals surface area contributed by atoms with Gasteiger partial charge in [-0.1, -0.05) is 56.3 Å². The topological polar surface area (TPSA) is 62.9 Å². The Morgan fingerprint density at radius 1 is 1.00 bits per heavy atom. The number of likely N-dealkylation sites (N-methyl/N-ethyl adjacent to an activating group) is 1. The molecule has 1 amide bonds. The second-order valence-electron chi connectivity index (χ2n) is 7.91. The second-order valence-corrected chi connectivity index (χ2v) is 7.91. The molecule has 0 aliphatic carbocycles. The van der Waals surface area contributed by atoms with Gasteiger partial charge in [0.2, 0.25) is 0 Å². The van der Waals surface area contributed by atoms with E-state index in [4.69, 9.17) is 9.15 Å². The SMILES string of the molecule is Cc1ccc(C(C)C)cc1Oc1ccc(C(=O)N(C)[C@H](C)[C@H](O)c2ccccc2)o1. The van der Waals surface area contributed by atoms with Crippen LogP contribution in [0, 0.1) is 6.92 Å². The fourth-order valence-electron chi connectivity index (χ4n) is 3.18. The molecule has 2 atom stereocenters. The molecular weight excluding hydrogens is 378 g/mol. The van der Waals surface area contributed by atoms with E-state index in [9.17, 15) is 9.90 Å². The summed E-state index contributed by atoms with van der Waals surface area (Å²) in [6.07, 6.45) is -0.799. The third-order valence-electron chi connectivity index (χ3n) is 5.41. The minimum atomic E-state index is -0.799. The van der Waals surface area contributed by atoms with Gasteiger partial charge in [0.1, 0.15) is 5.75 Å². The lowest BCUT2D eigenvalue weighted by Gasteiger charge is -2.28. The molecule has 0 saturated heterocycles. The third-order valence-corrected chi connectivity index (χ3v) is 5.41. The van der Waals surface area contributed by atoms with Crippen molar-refractivity contribution in [1.82, 2.24) is 4.90 Å². The third kappa shape index (κ3) is 4.74. The molecule has 3 aromatic rings. The Balaban J connectivity index is 1.72. The largest absolute Gasteiger partial charge is 0.426 e. The standard InChI is InChI=1S/C25H29NO4/c1-16(2)20-12-11-17(3)22(15-20)30-23-14-13-21(29-23)25(28)26(5)18(4)24(27)19-9-7-6-8-10-19/h6-16,18,24,27H,1-5H3/t18-,24+/m1/s1. The minimum Gasteiger partial charge on any atom is -0.426 e. The molecule has 5 nitrogen and oxygen atoms in total. The fourth-order valence-corrected chi connectivity index (χ4v) is 3.18. The van der Waals surface area contributed by atoms with Crippen LogP contribution in [0.15, 0.2) is 65.1 Å². The molecule has 158 valence electrons. The van der Waals surface area contributed by atoms with Crippen molar-refractivity contribution in [3.8, 4) is 11.7 Å². The maximum Gasteiger partial charge on any atom is 0.290 e. The van der Waals surface area contributed by atoms with Crippen LogP contribution in [-0.4, -0.2) is 29.0 Å². The van der Waals surface area contributed by atoms with E-state index in [0.717, 1.165) is 11.1 Å². The molecule has 0 saturated carbocycles. The number of rotatable bonds is 7. The number of aryl methyl sites for hydroxylation is 1. The zero-order valence-electron chi connectivity index (χ0n) is 18.1. The summed E-state index contributed by atoms with van der Waals surface area (Å²) in [5.74, 6) is 1.19. The van der Waals surface area contributed by atoms with Crippen molar-refractivity contribution in [3.05, 3.63) is 83.1 Å². The number of furan rings is 1. The zero-order chi connectivity index (χ0) is 21.8. The van der Waals surface area contributed by atoms with Crippen LogP contribution >= 0.6 is 0 Å². The van der Waals surface area contributed by atoms with Crippen LogP contribution in [0.4, 0.5) is 0 Å². The van der Waals surface area contributed by atoms with Crippen LogP contribution in [-0.2, 0) is 0 Å². The summed E-state index contributed by atoms with van der Waals surface area (Å²) in [5.41, 5.74) is 2.91. The van der Waals surface area contributed by atoms with E-state index < -0.39 is 12.1 Å². The highest BCUT2D eigenvalue weighted by Crippen LogP contribution is 2.30. The molecule has 1 N–H and O–H groups in total. The minimum absolute atomic E-state index is 0.164. The predicted molar refractivity (Wildman–Crippen MR) is 117 cm³/mol. The summed E-state index contributed by atoms with van der Waals surface area (Å²) in [4.78, 5) is 14.3. The van der Waals surface area contributed by atoms with Crippen LogP contribution < -0.4 is 4.74 Å². The number of nitrogens with zero attached hydrogens (tertiary/aromatic N) is 1. The number of carbonyl (C=O) groups excluding carboxylic acids is 1. The van der Waals surface area contributed by atoms with Gasteiger partial charge in [-0.2, -0.15) is 0 Å². The van der Waals surface area contributed by atoms with Crippen molar-refractivity contribution < 1.29 is 19.1 Å². The molecule has 0 fully saturated rings. The average Bonchev–Trinajstić information content (AvgIpc) is 3.22. The second kappa shape index (κ2) is 9.18. The molecule has 1 heterocycles. The molecule has 0 aliphatic heterocycles. The number of aliphatic hydroxyl groups is 1. The number of amides is 1. The summed E-state index contributed by atoms with van der Waals surface area (Å²) in [6, 6.07) is 18.2. The Bertz CT molecular complexity index is 993. The first kappa shape index (κ1) is 21.7.